The summed E-state index contributed by atoms with van der Waals surface area (Å²) in [5.41, 5.74) is 0.0202. The van der Waals surface area contributed by atoms with Crippen molar-refractivity contribution in [2.24, 2.45) is 0 Å². The molecule has 0 saturated heterocycles. The van der Waals surface area contributed by atoms with Crippen LogP contribution in [-0.2, 0) is 10.3 Å². The molecule has 1 N–H and O–H groups in total. The van der Waals surface area contributed by atoms with E-state index < -0.39 is 11.6 Å². The molecule has 15 heavy (non-hydrogen) atoms. The monoisotopic (exact) mass is 209 g/mol. The highest BCUT2D eigenvalue weighted by atomic mass is 16.6. The Hall–Kier alpha value is -1.55. The fourth-order valence-corrected chi connectivity index (χ4v) is 1.28. The largest absolute Gasteiger partial charge is 0.451 e. The zero-order valence-corrected chi connectivity index (χ0v) is 9.10. The van der Waals surface area contributed by atoms with E-state index in [0.29, 0.717) is 5.06 Å². The van der Waals surface area contributed by atoms with Crippen molar-refractivity contribution >= 4 is 6.09 Å². The standard InChI is InChI=1S/C11H15NO3/c1-11(2,12(14)10(13)15-3)9-7-5-4-6-8-9/h4-8,14H,1-3H3. The number of benzene rings is 1. The molecule has 0 aliphatic heterocycles. The van der Waals surface area contributed by atoms with Gasteiger partial charge in [-0.15, -0.1) is 0 Å². The summed E-state index contributed by atoms with van der Waals surface area (Å²) in [4.78, 5) is 11.2. The summed E-state index contributed by atoms with van der Waals surface area (Å²) in [6, 6.07) is 9.25. The third-order valence-electron chi connectivity index (χ3n) is 2.36. The van der Waals surface area contributed by atoms with Gasteiger partial charge in [0.2, 0.25) is 0 Å². The number of rotatable bonds is 2. The van der Waals surface area contributed by atoms with Crippen LogP contribution < -0.4 is 0 Å². The van der Waals surface area contributed by atoms with Crippen molar-refractivity contribution in [1.82, 2.24) is 5.06 Å². The van der Waals surface area contributed by atoms with E-state index in [-0.39, 0.29) is 0 Å². The van der Waals surface area contributed by atoms with Crippen LogP contribution in [0.1, 0.15) is 19.4 Å². The van der Waals surface area contributed by atoms with Crippen LogP contribution in [0.25, 0.3) is 0 Å². The van der Waals surface area contributed by atoms with E-state index in [2.05, 4.69) is 4.74 Å². The van der Waals surface area contributed by atoms with E-state index in [0.717, 1.165) is 5.56 Å². The van der Waals surface area contributed by atoms with Crippen LogP contribution in [0.15, 0.2) is 30.3 Å². The molecule has 82 valence electrons. The van der Waals surface area contributed by atoms with Crippen molar-refractivity contribution in [2.45, 2.75) is 19.4 Å². The molecule has 1 amide bonds. The van der Waals surface area contributed by atoms with Crippen molar-refractivity contribution < 1.29 is 14.7 Å². The minimum Gasteiger partial charge on any atom is -0.451 e. The maximum Gasteiger partial charge on any atom is 0.434 e. The average molecular weight is 209 g/mol. The summed E-state index contributed by atoms with van der Waals surface area (Å²) < 4.78 is 4.46. The van der Waals surface area contributed by atoms with Crippen molar-refractivity contribution in [3.05, 3.63) is 35.9 Å². The molecule has 4 nitrogen and oxygen atoms in total. The second-order valence-corrected chi connectivity index (χ2v) is 3.71. The van der Waals surface area contributed by atoms with Crippen molar-refractivity contribution in [2.75, 3.05) is 7.11 Å². The van der Waals surface area contributed by atoms with E-state index in [1.165, 1.54) is 7.11 Å². The number of hydrogen-bond acceptors (Lipinski definition) is 3. The van der Waals surface area contributed by atoms with Gasteiger partial charge in [-0.25, -0.2) is 4.79 Å². The Bertz CT molecular complexity index is 335. The van der Waals surface area contributed by atoms with E-state index in [1.54, 1.807) is 13.8 Å². The lowest BCUT2D eigenvalue weighted by atomic mass is 9.94. The number of carbonyl (C=O) groups is 1. The summed E-state index contributed by atoms with van der Waals surface area (Å²) in [5.74, 6) is 0. The van der Waals surface area contributed by atoms with Gasteiger partial charge in [0.15, 0.2) is 0 Å². The van der Waals surface area contributed by atoms with Gasteiger partial charge < -0.3 is 4.74 Å². The molecule has 1 aromatic rings. The molecule has 0 aliphatic carbocycles. The molecule has 0 heterocycles. The summed E-state index contributed by atoms with van der Waals surface area (Å²) in [5, 5.41) is 10.2. The van der Waals surface area contributed by atoms with Crippen molar-refractivity contribution in [1.29, 1.82) is 0 Å². The second kappa shape index (κ2) is 4.31. The van der Waals surface area contributed by atoms with Gasteiger partial charge >= 0.3 is 6.09 Å². The fraction of sp³-hybridized carbons (Fsp3) is 0.364. The van der Waals surface area contributed by atoms with Gasteiger partial charge in [0.05, 0.1) is 12.6 Å². The number of nitrogens with zero attached hydrogens (tertiary/aromatic N) is 1. The lowest BCUT2D eigenvalue weighted by Crippen LogP contribution is -2.43. The van der Waals surface area contributed by atoms with Crippen LogP contribution in [0.2, 0.25) is 0 Å². The third kappa shape index (κ3) is 2.27. The second-order valence-electron chi connectivity index (χ2n) is 3.71. The van der Waals surface area contributed by atoms with Gasteiger partial charge in [-0.05, 0) is 19.4 Å². The Morgan fingerprint density at radius 1 is 1.33 bits per heavy atom. The van der Waals surface area contributed by atoms with Crippen molar-refractivity contribution in [3.8, 4) is 0 Å². The number of hydrogen-bond donors (Lipinski definition) is 1. The van der Waals surface area contributed by atoms with Gasteiger partial charge in [-0.1, -0.05) is 30.3 Å². The minimum atomic E-state index is -0.811. The van der Waals surface area contributed by atoms with Crippen LogP contribution in [0.4, 0.5) is 4.79 Å². The summed E-state index contributed by atoms with van der Waals surface area (Å²) >= 11 is 0. The first kappa shape index (κ1) is 11.5. The highest BCUT2D eigenvalue weighted by Crippen LogP contribution is 2.26. The van der Waals surface area contributed by atoms with Gasteiger partial charge in [0.25, 0.3) is 0 Å². The van der Waals surface area contributed by atoms with E-state index >= 15 is 0 Å². The molecule has 0 bridgehead atoms. The highest BCUT2D eigenvalue weighted by Gasteiger charge is 2.32. The van der Waals surface area contributed by atoms with Gasteiger partial charge in [0.1, 0.15) is 0 Å². The first-order valence-corrected chi connectivity index (χ1v) is 4.62. The summed E-state index contributed by atoms with van der Waals surface area (Å²) in [6.07, 6.45) is -0.774. The highest BCUT2D eigenvalue weighted by molar-refractivity contribution is 5.67. The van der Waals surface area contributed by atoms with Gasteiger partial charge in [0, 0.05) is 0 Å². The van der Waals surface area contributed by atoms with Crippen LogP contribution >= 0.6 is 0 Å². The molecule has 1 aromatic carbocycles. The van der Waals surface area contributed by atoms with Gasteiger partial charge in [-0.3, -0.25) is 5.21 Å². The summed E-state index contributed by atoms with van der Waals surface area (Å²) in [6.45, 7) is 3.47. The smallest absolute Gasteiger partial charge is 0.434 e. The third-order valence-corrected chi connectivity index (χ3v) is 2.36. The summed E-state index contributed by atoms with van der Waals surface area (Å²) in [7, 11) is 1.23. The quantitative estimate of drug-likeness (QED) is 0.601. The molecule has 0 spiro atoms. The molecule has 0 atom stereocenters. The molecular weight excluding hydrogens is 194 g/mol. The molecule has 0 unspecified atom stereocenters. The Morgan fingerprint density at radius 2 is 1.87 bits per heavy atom. The number of amides is 1. The first-order chi connectivity index (χ1) is 7.00. The zero-order valence-electron chi connectivity index (χ0n) is 9.10. The van der Waals surface area contributed by atoms with Crippen LogP contribution in [-0.4, -0.2) is 23.5 Å². The SMILES string of the molecule is COC(=O)N(O)C(C)(C)c1ccccc1. The Labute approximate surface area is 89.0 Å². The number of hydroxylamine groups is 2. The van der Waals surface area contributed by atoms with Crippen LogP contribution in [0.5, 0.6) is 0 Å². The molecule has 0 aromatic heterocycles. The Morgan fingerprint density at radius 3 is 2.33 bits per heavy atom. The normalized spacial score (nSPS) is 10.9. The van der Waals surface area contributed by atoms with Crippen LogP contribution in [0.3, 0.4) is 0 Å². The molecule has 0 aliphatic rings. The van der Waals surface area contributed by atoms with E-state index in [1.807, 2.05) is 30.3 Å². The average Bonchev–Trinajstić information content (AvgIpc) is 2.28. The molecule has 0 saturated carbocycles. The van der Waals surface area contributed by atoms with Crippen LogP contribution in [0, 0.1) is 0 Å². The Kier molecular flexibility index (Phi) is 3.31. The number of ether oxygens (including phenoxy) is 1. The Balaban J connectivity index is 2.97. The molecule has 1 rings (SSSR count). The predicted octanol–water partition coefficient (Wildman–Crippen LogP) is 2.38. The molecule has 0 radical (unpaired) electrons. The topological polar surface area (TPSA) is 49.8 Å². The maximum absolute atomic E-state index is 11.2. The first-order valence-electron chi connectivity index (χ1n) is 4.62. The maximum atomic E-state index is 11.2. The lowest BCUT2D eigenvalue weighted by molar-refractivity contribution is -0.136. The number of methoxy groups -OCH3 is 1. The number of carbonyl (C=O) groups excluding carboxylic acids is 1. The minimum absolute atomic E-state index is 0.586. The van der Waals surface area contributed by atoms with E-state index in [4.69, 9.17) is 0 Å². The predicted molar refractivity (Wildman–Crippen MR) is 55.5 cm³/mol. The van der Waals surface area contributed by atoms with E-state index in [9.17, 15) is 10.0 Å². The lowest BCUT2D eigenvalue weighted by Gasteiger charge is -2.32. The molecular formula is C11H15NO3. The molecule has 0 fully saturated rings. The molecule has 4 heteroatoms. The fourth-order valence-electron chi connectivity index (χ4n) is 1.28. The zero-order chi connectivity index (χ0) is 11.5. The van der Waals surface area contributed by atoms with Gasteiger partial charge in [-0.2, -0.15) is 5.06 Å². The van der Waals surface area contributed by atoms with Crippen molar-refractivity contribution in [3.63, 3.8) is 0 Å².